The van der Waals surface area contributed by atoms with Gasteiger partial charge in [-0.15, -0.1) is 0 Å². The van der Waals surface area contributed by atoms with E-state index in [1.807, 2.05) is 40.8 Å². The van der Waals surface area contributed by atoms with Gasteiger partial charge in [0.05, 0.1) is 12.1 Å². The summed E-state index contributed by atoms with van der Waals surface area (Å²) in [4.78, 5) is 25.4. The van der Waals surface area contributed by atoms with Gasteiger partial charge in [-0.05, 0) is 12.1 Å². The van der Waals surface area contributed by atoms with Crippen molar-refractivity contribution in [2.75, 3.05) is 26.2 Å². The normalized spacial score (nSPS) is 15.8. The van der Waals surface area contributed by atoms with Crippen molar-refractivity contribution in [3.05, 3.63) is 48.0 Å². The first-order valence-electron chi connectivity index (χ1n) is 8.49. The lowest BCUT2D eigenvalue weighted by Gasteiger charge is -2.34. The standard InChI is InChI=1S/C17H20N6O2/c1-2-16-19-14(20-25-16)12-21-7-9-22(10-8-21)17(24)13-3-4-15-18-5-6-23(15)11-13/h3-6,11H,2,7-10,12H2,1H3. The monoisotopic (exact) mass is 340 g/mol. The molecule has 0 bridgehead atoms. The molecule has 1 saturated heterocycles. The van der Waals surface area contributed by atoms with E-state index in [4.69, 9.17) is 4.52 Å². The molecule has 1 aliphatic rings. The first-order chi connectivity index (χ1) is 12.2. The maximum atomic E-state index is 12.7. The van der Waals surface area contributed by atoms with Crippen molar-refractivity contribution in [3.8, 4) is 0 Å². The quantitative estimate of drug-likeness (QED) is 0.711. The third-order valence-corrected chi connectivity index (χ3v) is 4.47. The lowest BCUT2D eigenvalue weighted by Crippen LogP contribution is -2.48. The minimum absolute atomic E-state index is 0.0584. The van der Waals surface area contributed by atoms with Crippen LogP contribution >= 0.6 is 0 Å². The molecule has 0 spiro atoms. The summed E-state index contributed by atoms with van der Waals surface area (Å²) in [5.74, 6) is 1.43. The number of fused-ring (bicyclic) bond motifs is 1. The van der Waals surface area contributed by atoms with E-state index in [9.17, 15) is 4.79 Å². The van der Waals surface area contributed by atoms with E-state index in [0.29, 0.717) is 36.9 Å². The fraction of sp³-hybridized carbons (Fsp3) is 0.412. The maximum Gasteiger partial charge on any atom is 0.255 e. The van der Waals surface area contributed by atoms with Crippen LogP contribution in [0.2, 0.25) is 0 Å². The fourth-order valence-corrected chi connectivity index (χ4v) is 3.04. The SMILES string of the molecule is CCc1nc(CN2CCN(C(=O)c3ccc4nccn4c3)CC2)no1. The lowest BCUT2D eigenvalue weighted by atomic mass is 10.2. The summed E-state index contributed by atoms with van der Waals surface area (Å²) in [6, 6.07) is 3.70. The van der Waals surface area contributed by atoms with E-state index in [-0.39, 0.29) is 5.91 Å². The maximum absolute atomic E-state index is 12.7. The van der Waals surface area contributed by atoms with Crippen LogP contribution in [-0.4, -0.2) is 61.4 Å². The Hall–Kier alpha value is -2.74. The Bertz CT molecular complexity index is 878. The molecule has 0 radical (unpaired) electrons. The summed E-state index contributed by atoms with van der Waals surface area (Å²) >= 11 is 0. The first-order valence-corrected chi connectivity index (χ1v) is 8.49. The minimum Gasteiger partial charge on any atom is -0.339 e. The predicted molar refractivity (Wildman–Crippen MR) is 90.0 cm³/mol. The number of imidazole rings is 1. The molecule has 25 heavy (non-hydrogen) atoms. The van der Waals surface area contributed by atoms with E-state index < -0.39 is 0 Å². The molecule has 4 rings (SSSR count). The molecule has 1 fully saturated rings. The zero-order valence-electron chi connectivity index (χ0n) is 14.1. The Morgan fingerprint density at radius 2 is 2.08 bits per heavy atom. The van der Waals surface area contributed by atoms with Crippen LogP contribution < -0.4 is 0 Å². The topological polar surface area (TPSA) is 79.8 Å². The van der Waals surface area contributed by atoms with Crippen LogP contribution in [-0.2, 0) is 13.0 Å². The molecule has 8 heteroatoms. The molecule has 0 atom stereocenters. The van der Waals surface area contributed by atoms with Crippen LogP contribution in [0.15, 0.2) is 35.2 Å². The van der Waals surface area contributed by atoms with Crippen molar-refractivity contribution in [1.29, 1.82) is 0 Å². The Kier molecular flexibility index (Phi) is 4.19. The second-order valence-corrected chi connectivity index (χ2v) is 6.14. The highest BCUT2D eigenvalue weighted by Crippen LogP contribution is 2.12. The smallest absolute Gasteiger partial charge is 0.255 e. The average molecular weight is 340 g/mol. The van der Waals surface area contributed by atoms with E-state index in [1.165, 1.54) is 0 Å². The van der Waals surface area contributed by atoms with Crippen molar-refractivity contribution in [2.24, 2.45) is 0 Å². The van der Waals surface area contributed by atoms with E-state index in [1.54, 1.807) is 6.20 Å². The number of amides is 1. The summed E-state index contributed by atoms with van der Waals surface area (Å²) < 4.78 is 7.01. The van der Waals surface area contributed by atoms with Gasteiger partial charge < -0.3 is 13.8 Å². The van der Waals surface area contributed by atoms with Gasteiger partial charge in [-0.1, -0.05) is 12.1 Å². The molecular formula is C17H20N6O2. The van der Waals surface area contributed by atoms with Crippen molar-refractivity contribution in [1.82, 2.24) is 29.3 Å². The number of nitrogens with zero attached hydrogens (tertiary/aromatic N) is 6. The van der Waals surface area contributed by atoms with Crippen molar-refractivity contribution in [2.45, 2.75) is 19.9 Å². The third kappa shape index (κ3) is 3.25. The number of aromatic nitrogens is 4. The molecule has 0 N–H and O–H groups in total. The second-order valence-electron chi connectivity index (χ2n) is 6.14. The fourth-order valence-electron chi connectivity index (χ4n) is 3.04. The van der Waals surface area contributed by atoms with Crippen molar-refractivity contribution < 1.29 is 9.32 Å². The molecule has 3 aromatic heterocycles. The summed E-state index contributed by atoms with van der Waals surface area (Å²) in [5.41, 5.74) is 1.53. The molecular weight excluding hydrogens is 320 g/mol. The van der Waals surface area contributed by atoms with Crippen molar-refractivity contribution in [3.63, 3.8) is 0 Å². The van der Waals surface area contributed by atoms with Gasteiger partial charge in [-0.25, -0.2) is 4.98 Å². The Morgan fingerprint density at radius 1 is 1.24 bits per heavy atom. The predicted octanol–water partition coefficient (Wildman–Crippen LogP) is 1.24. The highest BCUT2D eigenvalue weighted by Gasteiger charge is 2.23. The van der Waals surface area contributed by atoms with Crippen LogP contribution in [0.3, 0.4) is 0 Å². The van der Waals surface area contributed by atoms with Gasteiger partial charge in [0, 0.05) is 51.2 Å². The summed E-state index contributed by atoms with van der Waals surface area (Å²) in [6.07, 6.45) is 6.16. The summed E-state index contributed by atoms with van der Waals surface area (Å²) in [5, 5.41) is 3.99. The van der Waals surface area contributed by atoms with Crippen LogP contribution in [0.4, 0.5) is 0 Å². The lowest BCUT2D eigenvalue weighted by molar-refractivity contribution is 0.0624. The second kappa shape index (κ2) is 6.64. The first kappa shape index (κ1) is 15.8. The van der Waals surface area contributed by atoms with Gasteiger partial charge in [0.1, 0.15) is 5.65 Å². The Balaban J connectivity index is 1.36. The molecule has 0 aliphatic carbocycles. The Labute approximate surface area is 145 Å². The van der Waals surface area contributed by atoms with E-state index in [2.05, 4.69) is 20.0 Å². The molecule has 0 aromatic carbocycles. The number of hydrogen-bond acceptors (Lipinski definition) is 6. The largest absolute Gasteiger partial charge is 0.339 e. The van der Waals surface area contributed by atoms with Gasteiger partial charge in [0.25, 0.3) is 5.91 Å². The van der Waals surface area contributed by atoms with Gasteiger partial charge in [0.15, 0.2) is 5.82 Å². The minimum atomic E-state index is 0.0584. The number of piperazine rings is 1. The molecule has 0 unspecified atom stereocenters. The van der Waals surface area contributed by atoms with Gasteiger partial charge >= 0.3 is 0 Å². The summed E-state index contributed by atoms with van der Waals surface area (Å²) in [6.45, 7) is 5.64. The number of hydrogen-bond donors (Lipinski definition) is 0. The number of aryl methyl sites for hydroxylation is 1. The van der Waals surface area contributed by atoms with Gasteiger partial charge in [-0.3, -0.25) is 9.69 Å². The van der Waals surface area contributed by atoms with E-state index >= 15 is 0 Å². The third-order valence-electron chi connectivity index (χ3n) is 4.47. The molecule has 130 valence electrons. The number of carbonyl (C=O) groups excluding carboxylic acids is 1. The van der Waals surface area contributed by atoms with Crippen LogP contribution in [0, 0.1) is 0 Å². The van der Waals surface area contributed by atoms with Crippen molar-refractivity contribution >= 4 is 11.6 Å². The number of carbonyl (C=O) groups is 1. The van der Waals surface area contributed by atoms with Crippen LogP contribution in [0.5, 0.6) is 0 Å². The highest BCUT2D eigenvalue weighted by molar-refractivity contribution is 5.94. The molecule has 4 heterocycles. The van der Waals surface area contributed by atoms with Gasteiger partial charge in [-0.2, -0.15) is 4.98 Å². The molecule has 1 aliphatic heterocycles. The Morgan fingerprint density at radius 3 is 2.84 bits per heavy atom. The zero-order chi connectivity index (χ0) is 17.2. The van der Waals surface area contributed by atoms with Gasteiger partial charge in [0.2, 0.25) is 5.89 Å². The van der Waals surface area contributed by atoms with Crippen LogP contribution in [0.25, 0.3) is 5.65 Å². The van der Waals surface area contributed by atoms with E-state index in [0.717, 1.165) is 25.2 Å². The van der Waals surface area contributed by atoms with Crippen LogP contribution in [0.1, 0.15) is 29.0 Å². The summed E-state index contributed by atoms with van der Waals surface area (Å²) in [7, 11) is 0. The molecule has 1 amide bonds. The number of pyridine rings is 1. The molecule has 0 saturated carbocycles. The number of rotatable bonds is 4. The molecule has 3 aromatic rings. The highest BCUT2D eigenvalue weighted by atomic mass is 16.5. The average Bonchev–Trinajstić information content (AvgIpc) is 3.30. The zero-order valence-corrected chi connectivity index (χ0v) is 14.1. The molecule has 8 nitrogen and oxygen atoms in total.